The summed E-state index contributed by atoms with van der Waals surface area (Å²) in [7, 11) is 3.52. The van der Waals surface area contributed by atoms with Crippen molar-refractivity contribution >= 4 is 11.8 Å². The number of phenols is 2. The number of aromatic hydroxyl groups is 2. The summed E-state index contributed by atoms with van der Waals surface area (Å²) in [5, 5.41) is 29.0. The smallest absolute Gasteiger partial charge is 0.234 e. The van der Waals surface area contributed by atoms with Crippen molar-refractivity contribution in [1.82, 2.24) is 10.2 Å². The molecule has 0 spiro atoms. The summed E-state index contributed by atoms with van der Waals surface area (Å²) in [6.07, 6.45) is 0.828. The molecule has 0 saturated heterocycles. The Morgan fingerprint density at radius 3 is 1.45 bits per heavy atom. The minimum absolute atomic E-state index is 0.0481. The van der Waals surface area contributed by atoms with Gasteiger partial charge in [0.15, 0.2) is 0 Å². The van der Waals surface area contributed by atoms with E-state index < -0.39 is 5.92 Å². The van der Waals surface area contributed by atoms with Crippen LogP contribution in [0.1, 0.15) is 194 Å². The van der Waals surface area contributed by atoms with Crippen molar-refractivity contribution in [3.8, 4) is 17.2 Å². The summed E-state index contributed by atoms with van der Waals surface area (Å²) < 4.78 is 6.88. The van der Waals surface area contributed by atoms with Crippen LogP contribution in [0.4, 0.5) is 0 Å². The molecule has 0 saturated carbocycles. The molecule has 2 amide bonds. The van der Waals surface area contributed by atoms with Gasteiger partial charge in [-0.2, -0.15) is 0 Å². The molecular weight excluding hydrogens is 829 g/mol. The first-order valence-corrected chi connectivity index (χ1v) is 24.2. The molecule has 7 heteroatoms. The molecule has 5 aromatic carbocycles. The number of fused-ring (bicyclic) bond motifs is 8. The number of nitrogens with one attached hydrogen (secondary N) is 1. The Balaban J connectivity index is 1.79. The van der Waals surface area contributed by atoms with Gasteiger partial charge in [0.2, 0.25) is 11.8 Å². The zero-order valence-corrected chi connectivity index (χ0v) is 43.6. The predicted octanol–water partition coefficient (Wildman–Crippen LogP) is 12.8. The van der Waals surface area contributed by atoms with Crippen LogP contribution in [-0.2, 0) is 56.9 Å². The van der Waals surface area contributed by atoms with E-state index in [2.05, 4.69) is 131 Å². The van der Waals surface area contributed by atoms with E-state index in [9.17, 15) is 15.0 Å². The van der Waals surface area contributed by atoms with Gasteiger partial charge in [-0.15, -0.1) is 0 Å². The third-order valence-electron chi connectivity index (χ3n) is 13.4. The maximum Gasteiger partial charge on any atom is 0.234 e. The molecule has 358 valence electrons. The van der Waals surface area contributed by atoms with Crippen LogP contribution in [0.25, 0.3) is 0 Å². The molecule has 1 unspecified atom stereocenters. The molecule has 3 N–H and O–H groups in total. The number of hydrogen-bond donors (Lipinski definition) is 3. The SMILES string of the molecule is CC(C)Oc1c2cc(C(C)(C)C)cc1C(C(=O)N(C)C)c1cc(C(C)(C)C)cc(c1O)Cc1cc(C(C)(C)C)cc(c1CC(=O)N[C@@H](C)c1ccccc1)Cc1cc(C(C)(C)C)cc(c1O)C2. The van der Waals surface area contributed by atoms with Gasteiger partial charge in [0.05, 0.1) is 24.5 Å². The summed E-state index contributed by atoms with van der Waals surface area (Å²) in [4.78, 5) is 31.2. The summed E-state index contributed by atoms with van der Waals surface area (Å²) in [5.74, 6) is -0.441. The minimum atomic E-state index is -0.954. The molecule has 5 aromatic rings. The van der Waals surface area contributed by atoms with Gasteiger partial charge in [-0.1, -0.05) is 162 Å². The highest BCUT2D eigenvalue weighted by Crippen LogP contribution is 2.47. The predicted molar refractivity (Wildman–Crippen MR) is 275 cm³/mol. The van der Waals surface area contributed by atoms with Crippen LogP contribution >= 0.6 is 0 Å². The van der Waals surface area contributed by atoms with E-state index in [1.807, 2.05) is 57.2 Å². The summed E-state index contributed by atoms with van der Waals surface area (Å²) in [6, 6.07) is 26.8. The van der Waals surface area contributed by atoms with Crippen molar-refractivity contribution in [3.63, 3.8) is 0 Å². The molecule has 0 radical (unpaired) electrons. The number of hydrogen-bond acceptors (Lipinski definition) is 5. The van der Waals surface area contributed by atoms with E-state index in [1.54, 1.807) is 19.0 Å². The van der Waals surface area contributed by atoms with Crippen LogP contribution in [0.3, 0.4) is 0 Å². The Morgan fingerprint density at radius 2 is 1.00 bits per heavy atom. The first-order valence-electron chi connectivity index (χ1n) is 24.2. The number of ether oxygens (including phenoxy) is 1. The molecule has 0 aromatic heterocycles. The number of carbonyl (C=O) groups excluding carboxylic acids is 2. The van der Waals surface area contributed by atoms with Crippen LogP contribution in [0.15, 0.2) is 78.9 Å². The average molecular weight is 907 g/mol. The second-order valence-corrected chi connectivity index (χ2v) is 23.8. The topological polar surface area (TPSA) is 99.1 Å². The standard InChI is InChI=1S/C60H78N2O5/c1-35(2)67-55-43-25-41-29-45(58(7,8)9)28-40(53(41)64)23-38-26-44(57(4,5)6)27-39(48(38)34-51(63)61-36(3)37-21-19-18-20-22-37)24-42-30-46(59(10,11)12)32-49(54(42)65)52(56(66)62(16)17)50(55)33-47(31-43)60(13,14)15/h18-22,26-33,35-36,52,64-65H,23-25,34H2,1-17H3,(H,61,63)/t36-,52?/m0/s1. The van der Waals surface area contributed by atoms with Crippen LogP contribution in [-0.4, -0.2) is 47.1 Å². The van der Waals surface area contributed by atoms with Crippen LogP contribution in [0.5, 0.6) is 17.2 Å². The molecule has 1 aliphatic rings. The van der Waals surface area contributed by atoms with Crippen LogP contribution in [0, 0.1) is 0 Å². The van der Waals surface area contributed by atoms with Gasteiger partial charge in [0, 0.05) is 44.5 Å². The molecule has 67 heavy (non-hydrogen) atoms. The Bertz CT molecular complexity index is 2650. The van der Waals surface area contributed by atoms with Crippen molar-refractivity contribution in [2.45, 2.75) is 169 Å². The lowest BCUT2D eigenvalue weighted by Crippen LogP contribution is -2.31. The third-order valence-corrected chi connectivity index (χ3v) is 13.4. The zero-order valence-electron chi connectivity index (χ0n) is 43.6. The molecule has 0 heterocycles. The molecular formula is C60H78N2O5. The minimum Gasteiger partial charge on any atom is -0.507 e. The lowest BCUT2D eigenvalue weighted by molar-refractivity contribution is -0.129. The van der Waals surface area contributed by atoms with Gasteiger partial charge in [0.25, 0.3) is 0 Å². The van der Waals surface area contributed by atoms with Gasteiger partial charge in [-0.25, -0.2) is 0 Å². The van der Waals surface area contributed by atoms with Crippen LogP contribution in [0.2, 0.25) is 0 Å². The molecule has 7 nitrogen and oxygen atoms in total. The van der Waals surface area contributed by atoms with E-state index in [-0.39, 0.29) is 63.5 Å². The van der Waals surface area contributed by atoms with Crippen molar-refractivity contribution in [1.29, 1.82) is 0 Å². The molecule has 0 fully saturated rings. The summed E-state index contributed by atoms with van der Waals surface area (Å²) in [6.45, 7) is 32.1. The Kier molecular flexibility index (Phi) is 14.3. The Morgan fingerprint density at radius 1 is 0.597 bits per heavy atom. The number of benzene rings is 5. The molecule has 2 atom stereocenters. The lowest BCUT2D eigenvalue weighted by atomic mass is 9.76. The highest BCUT2D eigenvalue weighted by molar-refractivity contribution is 5.89. The maximum atomic E-state index is 15.2. The first-order chi connectivity index (χ1) is 30.9. The van der Waals surface area contributed by atoms with Gasteiger partial charge in [0.1, 0.15) is 17.2 Å². The van der Waals surface area contributed by atoms with E-state index in [0.717, 1.165) is 61.2 Å². The molecule has 1 aliphatic carbocycles. The number of nitrogens with zero attached hydrogens (tertiary/aromatic N) is 1. The van der Waals surface area contributed by atoms with E-state index in [4.69, 9.17) is 4.74 Å². The van der Waals surface area contributed by atoms with Crippen molar-refractivity contribution in [2.24, 2.45) is 0 Å². The highest BCUT2D eigenvalue weighted by atomic mass is 16.5. The maximum absolute atomic E-state index is 15.2. The number of carbonyl (C=O) groups is 2. The normalized spacial score (nSPS) is 15.0. The van der Waals surface area contributed by atoms with E-state index in [1.165, 1.54) is 0 Å². The number of amides is 2. The van der Waals surface area contributed by atoms with Crippen LogP contribution < -0.4 is 10.1 Å². The molecule has 0 aliphatic heterocycles. The van der Waals surface area contributed by atoms with Gasteiger partial charge < -0.3 is 25.2 Å². The fourth-order valence-corrected chi connectivity index (χ4v) is 9.20. The molecule has 6 rings (SSSR count). The Hall–Kier alpha value is -5.56. The number of likely N-dealkylation sites (N-methyl/N-ethyl adjacent to an activating group) is 1. The second-order valence-electron chi connectivity index (χ2n) is 23.8. The Labute approximate surface area is 402 Å². The number of rotatable bonds is 7. The van der Waals surface area contributed by atoms with Crippen molar-refractivity contribution in [3.05, 3.63) is 157 Å². The summed E-state index contributed by atoms with van der Waals surface area (Å²) in [5.41, 5.74) is 10.8. The van der Waals surface area contributed by atoms with Gasteiger partial charge >= 0.3 is 0 Å². The van der Waals surface area contributed by atoms with E-state index in [0.29, 0.717) is 41.7 Å². The number of phenolic OH excluding ortho intramolecular Hbond substituents is 2. The van der Waals surface area contributed by atoms with Crippen molar-refractivity contribution in [2.75, 3.05) is 14.1 Å². The van der Waals surface area contributed by atoms with E-state index >= 15 is 4.79 Å². The van der Waals surface area contributed by atoms with Gasteiger partial charge in [-0.3, -0.25) is 9.59 Å². The fourth-order valence-electron chi connectivity index (χ4n) is 9.20. The largest absolute Gasteiger partial charge is 0.507 e. The quantitative estimate of drug-likeness (QED) is 0.151. The monoisotopic (exact) mass is 907 g/mol. The summed E-state index contributed by atoms with van der Waals surface area (Å²) >= 11 is 0. The van der Waals surface area contributed by atoms with Crippen molar-refractivity contribution < 1.29 is 24.5 Å². The first kappa shape index (κ1) is 50.8. The molecule has 8 bridgehead atoms. The highest BCUT2D eigenvalue weighted by Gasteiger charge is 2.36. The lowest BCUT2D eigenvalue weighted by Gasteiger charge is -2.32. The van der Waals surface area contributed by atoms with Gasteiger partial charge in [-0.05, 0) is 109 Å². The second kappa shape index (κ2) is 18.8. The average Bonchev–Trinajstić information content (AvgIpc) is 3.20. The fraction of sp³-hybridized carbons (Fsp3) is 0.467. The zero-order chi connectivity index (χ0) is 49.7. The third kappa shape index (κ3) is 11.4.